The second-order valence-corrected chi connectivity index (χ2v) is 6.02. The lowest BCUT2D eigenvalue weighted by atomic mass is 10.1. The van der Waals surface area contributed by atoms with Gasteiger partial charge in [-0.3, -0.25) is 0 Å². The van der Waals surface area contributed by atoms with Crippen molar-refractivity contribution in [2.24, 2.45) is 0 Å². The monoisotopic (exact) mass is 334 g/mol. The molecule has 0 radical (unpaired) electrons. The normalized spacial score (nSPS) is 14.5. The summed E-state index contributed by atoms with van der Waals surface area (Å²) in [5.41, 5.74) is 2.23. The van der Waals surface area contributed by atoms with E-state index < -0.39 is 0 Å². The van der Waals surface area contributed by atoms with Gasteiger partial charge in [-0.1, -0.05) is 42.5 Å². The maximum Gasteiger partial charge on any atom is 0.165 e. The molecule has 0 unspecified atom stereocenters. The number of hydrogen-bond donors (Lipinski definition) is 1. The third-order valence-corrected chi connectivity index (χ3v) is 4.34. The Hall–Kier alpha value is -2.79. The van der Waals surface area contributed by atoms with Crippen LogP contribution in [0.2, 0.25) is 0 Å². The van der Waals surface area contributed by atoms with Crippen LogP contribution in [0.1, 0.15) is 0 Å². The van der Waals surface area contributed by atoms with E-state index in [0.29, 0.717) is 11.4 Å². The average Bonchev–Trinajstić information content (AvgIpc) is 2.69. The minimum atomic E-state index is -0.307. The Morgan fingerprint density at radius 2 is 1.60 bits per heavy atom. The predicted molar refractivity (Wildman–Crippen MR) is 97.9 cm³/mol. The molecule has 25 heavy (non-hydrogen) atoms. The molecular weight excluding hydrogens is 315 g/mol. The summed E-state index contributed by atoms with van der Waals surface area (Å²) in [7, 11) is 0. The second-order valence-electron chi connectivity index (χ2n) is 6.02. The number of rotatable bonds is 3. The molecule has 0 aliphatic carbocycles. The standard InChI is InChI=1S/C20H19FN4/c21-17-9-5-4-8-16(17)20-23-18(15-6-2-1-3-7-15)14-19(24-20)25-12-10-22-11-13-25/h1-9,14,22H,10-13H2. The molecule has 2 heterocycles. The molecular formula is C20H19FN4. The molecule has 126 valence electrons. The first-order valence-electron chi connectivity index (χ1n) is 8.46. The van der Waals surface area contributed by atoms with Crippen molar-refractivity contribution in [3.63, 3.8) is 0 Å². The summed E-state index contributed by atoms with van der Waals surface area (Å²) < 4.78 is 14.3. The van der Waals surface area contributed by atoms with Crippen molar-refractivity contribution in [1.29, 1.82) is 0 Å². The Bertz CT molecular complexity index is 861. The van der Waals surface area contributed by atoms with E-state index in [1.807, 2.05) is 36.4 Å². The van der Waals surface area contributed by atoms with Gasteiger partial charge in [0.2, 0.25) is 0 Å². The Kier molecular flexibility index (Phi) is 4.39. The maximum absolute atomic E-state index is 14.3. The molecule has 1 N–H and O–H groups in total. The lowest BCUT2D eigenvalue weighted by Gasteiger charge is -2.29. The van der Waals surface area contributed by atoms with Gasteiger partial charge in [-0.2, -0.15) is 0 Å². The van der Waals surface area contributed by atoms with Gasteiger partial charge in [-0.15, -0.1) is 0 Å². The van der Waals surface area contributed by atoms with Crippen LogP contribution < -0.4 is 10.2 Å². The highest BCUT2D eigenvalue weighted by molar-refractivity contribution is 5.68. The van der Waals surface area contributed by atoms with E-state index >= 15 is 0 Å². The lowest BCUT2D eigenvalue weighted by Crippen LogP contribution is -2.44. The van der Waals surface area contributed by atoms with Gasteiger partial charge in [0, 0.05) is 37.8 Å². The molecule has 0 bridgehead atoms. The van der Waals surface area contributed by atoms with Crippen molar-refractivity contribution in [2.45, 2.75) is 0 Å². The Labute approximate surface area is 146 Å². The van der Waals surface area contributed by atoms with Gasteiger partial charge in [0.25, 0.3) is 0 Å². The van der Waals surface area contributed by atoms with Crippen molar-refractivity contribution in [3.8, 4) is 22.6 Å². The van der Waals surface area contributed by atoms with Gasteiger partial charge < -0.3 is 10.2 Å². The van der Waals surface area contributed by atoms with Gasteiger partial charge in [-0.05, 0) is 12.1 Å². The van der Waals surface area contributed by atoms with E-state index in [0.717, 1.165) is 43.3 Å². The van der Waals surface area contributed by atoms with Crippen LogP contribution in [0.4, 0.5) is 10.2 Å². The topological polar surface area (TPSA) is 41.1 Å². The quantitative estimate of drug-likeness (QED) is 0.797. The minimum absolute atomic E-state index is 0.307. The van der Waals surface area contributed by atoms with E-state index in [-0.39, 0.29) is 5.82 Å². The van der Waals surface area contributed by atoms with Crippen molar-refractivity contribution < 1.29 is 4.39 Å². The summed E-state index contributed by atoms with van der Waals surface area (Å²) in [6.07, 6.45) is 0. The molecule has 2 aromatic carbocycles. The number of benzene rings is 2. The zero-order valence-electron chi connectivity index (χ0n) is 13.8. The zero-order chi connectivity index (χ0) is 17.1. The number of anilines is 1. The molecule has 0 amide bonds. The molecule has 1 saturated heterocycles. The smallest absolute Gasteiger partial charge is 0.165 e. The number of aromatic nitrogens is 2. The molecule has 5 heteroatoms. The van der Waals surface area contributed by atoms with Gasteiger partial charge in [0.15, 0.2) is 5.82 Å². The number of nitrogens with zero attached hydrogens (tertiary/aromatic N) is 3. The lowest BCUT2D eigenvalue weighted by molar-refractivity contribution is 0.584. The molecule has 0 atom stereocenters. The molecule has 1 aliphatic heterocycles. The summed E-state index contributed by atoms with van der Waals surface area (Å²) in [4.78, 5) is 11.5. The second kappa shape index (κ2) is 6.99. The van der Waals surface area contributed by atoms with E-state index in [2.05, 4.69) is 20.2 Å². The maximum atomic E-state index is 14.3. The number of halogens is 1. The number of nitrogens with one attached hydrogen (secondary N) is 1. The largest absolute Gasteiger partial charge is 0.354 e. The summed E-state index contributed by atoms with van der Waals surface area (Å²) in [5, 5.41) is 3.34. The third-order valence-electron chi connectivity index (χ3n) is 4.34. The fourth-order valence-corrected chi connectivity index (χ4v) is 3.01. The molecule has 0 spiro atoms. The summed E-state index contributed by atoms with van der Waals surface area (Å²) in [6.45, 7) is 3.59. The molecule has 3 aromatic rings. The SMILES string of the molecule is Fc1ccccc1-c1nc(-c2ccccc2)cc(N2CCNCC2)n1. The van der Waals surface area contributed by atoms with Crippen molar-refractivity contribution >= 4 is 5.82 Å². The fraction of sp³-hybridized carbons (Fsp3) is 0.200. The van der Waals surface area contributed by atoms with E-state index in [1.165, 1.54) is 6.07 Å². The Morgan fingerprint density at radius 3 is 2.36 bits per heavy atom. The number of piperazine rings is 1. The Balaban J connectivity index is 1.84. The summed E-state index contributed by atoms with van der Waals surface area (Å²) >= 11 is 0. The highest BCUT2D eigenvalue weighted by atomic mass is 19.1. The summed E-state index contributed by atoms with van der Waals surface area (Å²) in [6, 6.07) is 18.6. The van der Waals surface area contributed by atoms with Crippen LogP contribution >= 0.6 is 0 Å². The van der Waals surface area contributed by atoms with Crippen LogP contribution in [0.5, 0.6) is 0 Å². The first kappa shape index (κ1) is 15.7. The minimum Gasteiger partial charge on any atom is -0.354 e. The van der Waals surface area contributed by atoms with Crippen LogP contribution in [-0.4, -0.2) is 36.1 Å². The van der Waals surface area contributed by atoms with Gasteiger partial charge >= 0.3 is 0 Å². The summed E-state index contributed by atoms with van der Waals surface area (Å²) in [5.74, 6) is 0.959. The molecule has 1 aromatic heterocycles. The molecule has 1 fully saturated rings. The van der Waals surface area contributed by atoms with Crippen LogP contribution in [-0.2, 0) is 0 Å². The number of hydrogen-bond acceptors (Lipinski definition) is 4. The van der Waals surface area contributed by atoms with E-state index in [1.54, 1.807) is 18.2 Å². The zero-order valence-corrected chi connectivity index (χ0v) is 13.8. The molecule has 4 nitrogen and oxygen atoms in total. The highest BCUT2D eigenvalue weighted by Gasteiger charge is 2.17. The first-order chi connectivity index (χ1) is 12.3. The van der Waals surface area contributed by atoms with Crippen LogP contribution in [0.3, 0.4) is 0 Å². The van der Waals surface area contributed by atoms with Gasteiger partial charge in [0.05, 0.1) is 11.3 Å². The third kappa shape index (κ3) is 3.37. The predicted octanol–water partition coefficient (Wildman–Crippen LogP) is 3.36. The first-order valence-corrected chi connectivity index (χ1v) is 8.46. The van der Waals surface area contributed by atoms with E-state index in [9.17, 15) is 4.39 Å². The fourth-order valence-electron chi connectivity index (χ4n) is 3.01. The van der Waals surface area contributed by atoms with Crippen LogP contribution in [0, 0.1) is 5.82 Å². The molecule has 1 aliphatic rings. The van der Waals surface area contributed by atoms with Crippen molar-refractivity contribution in [3.05, 3.63) is 66.5 Å². The highest BCUT2D eigenvalue weighted by Crippen LogP contribution is 2.27. The van der Waals surface area contributed by atoms with Gasteiger partial charge in [-0.25, -0.2) is 14.4 Å². The average molecular weight is 334 g/mol. The molecule has 0 saturated carbocycles. The van der Waals surface area contributed by atoms with Crippen LogP contribution in [0.25, 0.3) is 22.6 Å². The van der Waals surface area contributed by atoms with Gasteiger partial charge in [0.1, 0.15) is 11.6 Å². The van der Waals surface area contributed by atoms with Crippen LogP contribution in [0.15, 0.2) is 60.7 Å². The van der Waals surface area contributed by atoms with E-state index in [4.69, 9.17) is 0 Å². The van der Waals surface area contributed by atoms with Crippen molar-refractivity contribution in [2.75, 3.05) is 31.1 Å². The Morgan fingerprint density at radius 1 is 0.880 bits per heavy atom. The molecule has 4 rings (SSSR count). The van der Waals surface area contributed by atoms with Crippen molar-refractivity contribution in [1.82, 2.24) is 15.3 Å².